The van der Waals surface area contributed by atoms with E-state index in [1.807, 2.05) is 12.1 Å². The number of rotatable bonds is 5. The average Bonchev–Trinajstić information content (AvgIpc) is 2.74. The molecule has 0 aromatic carbocycles. The standard InChI is InChI=1S/C13H19ClN2OS/c14-11-3-4-12(16-8-11)18-7-5-10-2-1-6-13(10,17)9-15/h3-4,8,10,17H,1-2,5-7,9,15H2. The van der Waals surface area contributed by atoms with Crippen molar-refractivity contribution in [1.82, 2.24) is 4.98 Å². The number of nitrogens with two attached hydrogens (primary N) is 1. The molecule has 2 unspecified atom stereocenters. The Balaban J connectivity index is 1.80. The average molecular weight is 287 g/mol. The van der Waals surface area contributed by atoms with Gasteiger partial charge in [-0.05, 0) is 43.1 Å². The van der Waals surface area contributed by atoms with Gasteiger partial charge >= 0.3 is 0 Å². The van der Waals surface area contributed by atoms with Crippen molar-refractivity contribution in [3.63, 3.8) is 0 Å². The second kappa shape index (κ2) is 6.24. The maximum atomic E-state index is 10.3. The van der Waals surface area contributed by atoms with E-state index in [1.54, 1.807) is 18.0 Å². The summed E-state index contributed by atoms with van der Waals surface area (Å²) in [7, 11) is 0. The number of aliphatic hydroxyl groups is 1. The Morgan fingerprint density at radius 2 is 2.39 bits per heavy atom. The lowest BCUT2D eigenvalue weighted by Gasteiger charge is -2.28. The van der Waals surface area contributed by atoms with Crippen LogP contribution in [0.4, 0.5) is 0 Å². The molecule has 1 heterocycles. The lowest BCUT2D eigenvalue weighted by Crippen LogP contribution is -2.41. The van der Waals surface area contributed by atoms with E-state index in [1.165, 1.54) is 0 Å². The summed E-state index contributed by atoms with van der Waals surface area (Å²) in [6.07, 6.45) is 5.67. The molecule has 1 saturated carbocycles. The smallest absolute Gasteiger partial charge is 0.0960 e. The molecule has 1 aromatic heterocycles. The first-order valence-electron chi connectivity index (χ1n) is 6.31. The molecule has 1 aliphatic rings. The lowest BCUT2D eigenvalue weighted by atomic mass is 9.89. The molecule has 1 fully saturated rings. The second-order valence-corrected chi connectivity index (χ2v) is 6.40. The van der Waals surface area contributed by atoms with Crippen molar-refractivity contribution in [3.05, 3.63) is 23.4 Å². The van der Waals surface area contributed by atoms with Crippen LogP contribution >= 0.6 is 23.4 Å². The van der Waals surface area contributed by atoms with Gasteiger partial charge in [0, 0.05) is 12.7 Å². The predicted molar refractivity (Wildman–Crippen MR) is 75.9 cm³/mol. The second-order valence-electron chi connectivity index (χ2n) is 4.85. The molecule has 0 spiro atoms. The molecule has 1 aromatic rings. The number of thioether (sulfide) groups is 1. The number of pyridine rings is 1. The van der Waals surface area contributed by atoms with Crippen molar-refractivity contribution in [2.75, 3.05) is 12.3 Å². The van der Waals surface area contributed by atoms with Gasteiger partial charge in [-0.2, -0.15) is 0 Å². The third kappa shape index (κ3) is 3.38. The number of hydrogen-bond donors (Lipinski definition) is 2. The zero-order valence-corrected chi connectivity index (χ0v) is 11.9. The van der Waals surface area contributed by atoms with Crippen molar-refractivity contribution in [2.24, 2.45) is 11.7 Å². The quantitative estimate of drug-likeness (QED) is 0.817. The molecule has 0 amide bonds. The Morgan fingerprint density at radius 3 is 3.06 bits per heavy atom. The first-order chi connectivity index (χ1) is 8.64. The van der Waals surface area contributed by atoms with Crippen LogP contribution in [-0.4, -0.2) is 28.0 Å². The fraction of sp³-hybridized carbons (Fsp3) is 0.615. The minimum absolute atomic E-state index is 0.335. The number of nitrogens with zero attached hydrogens (tertiary/aromatic N) is 1. The Hall–Kier alpha value is -0.290. The number of halogens is 1. The van der Waals surface area contributed by atoms with Crippen LogP contribution in [0.5, 0.6) is 0 Å². The van der Waals surface area contributed by atoms with Crippen molar-refractivity contribution in [2.45, 2.75) is 36.3 Å². The first-order valence-corrected chi connectivity index (χ1v) is 7.67. The molecule has 0 radical (unpaired) electrons. The molecule has 100 valence electrons. The Bertz CT molecular complexity index is 387. The molecule has 3 N–H and O–H groups in total. The van der Waals surface area contributed by atoms with E-state index in [0.717, 1.165) is 36.5 Å². The van der Waals surface area contributed by atoms with Crippen LogP contribution in [0, 0.1) is 5.92 Å². The van der Waals surface area contributed by atoms with Crippen molar-refractivity contribution in [3.8, 4) is 0 Å². The highest BCUT2D eigenvalue weighted by atomic mass is 35.5. The summed E-state index contributed by atoms with van der Waals surface area (Å²) in [5, 5.41) is 12.0. The predicted octanol–water partition coefficient (Wildman–Crippen LogP) is 2.71. The fourth-order valence-electron chi connectivity index (χ4n) is 2.56. The minimum Gasteiger partial charge on any atom is -0.388 e. The van der Waals surface area contributed by atoms with E-state index in [9.17, 15) is 5.11 Å². The molecule has 3 nitrogen and oxygen atoms in total. The summed E-state index contributed by atoms with van der Waals surface area (Å²) in [6.45, 7) is 0.377. The molecular formula is C13H19ClN2OS. The molecule has 0 bridgehead atoms. The highest BCUT2D eigenvalue weighted by molar-refractivity contribution is 7.99. The van der Waals surface area contributed by atoms with Gasteiger partial charge in [0.05, 0.1) is 15.6 Å². The van der Waals surface area contributed by atoms with E-state index >= 15 is 0 Å². The normalized spacial score (nSPS) is 27.6. The van der Waals surface area contributed by atoms with Crippen LogP contribution in [0.25, 0.3) is 0 Å². The van der Waals surface area contributed by atoms with Gasteiger partial charge in [0.1, 0.15) is 0 Å². The SMILES string of the molecule is NCC1(O)CCCC1CCSc1ccc(Cl)cn1. The van der Waals surface area contributed by atoms with Gasteiger partial charge in [-0.15, -0.1) is 11.8 Å². The van der Waals surface area contributed by atoms with Crippen molar-refractivity contribution < 1.29 is 5.11 Å². The molecule has 0 aliphatic heterocycles. The highest BCUT2D eigenvalue weighted by Crippen LogP contribution is 2.38. The van der Waals surface area contributed by atoms with E-state index in [-0.39, 0.29) is 0 Å². The van der Waals surface area contributed by atoms with Gasteiger partial charge in [-0.1, -0.05) is 18.0 Å². The van der Waals surface area contributed by atoms with E-state index < -0.39 is 5.60 Å². The van der Waals surface area contributed by atoms with Crippen LogP contribution in [0.1, 0.15) is 25.7 Å². The Labute approximate surface area is 117 Å². The third-order valence-corrected chi connectivity index (χ3v) is 4.89. The zero-order chi connectivity index (χ0) is 13.0. The largest absolute Gasteiger partial charge is 0.388 e. The Kier molecular flexibility index (Phi) is 4.90. The lowest BCUT2D eigenvalue weighted by molar-refractivity contribution is 0.0103. The van der Waals surface area contributed by atoms with Gasteiger partial charge in [0.25, 0.3) is 0 Å². The molecule has 2 rings (SSSR count). The third-order valence-electron chi connectivity index (χ3n) is 3.69. The van der Waals surface area contributed by atoms with Crippen LogP contribution in [0.15, 0.2) is 23.4 Å². The first kappa shape index (κ1) is 14.1. The van der Waals surface area contributed by atoms with Crippen LogP contribution in [0.3, 0.4) is 0 Å². The maximum absolute atomic E-state index is 10.3. The maximum Gasteiger partial charge on any atom is 0.0960 e. The monoisotopic (exact) mass is 286 g/mol. The zero-order valence-electron chi connectivity index (χ0n) is 10.3. The summed E-state index contributed by atoms with van der Waals surface area (Å²) in [6, 6.07) is 3.78. The molecular weight excluding hydrogens is 268 g/mol. The molecule has 18 heavy (non-hydrogen) atoms. The summed E-state index contributed by atoms with van der Waals surface area (Å²) < 4.78 is 0. The number of hydrogen-bond acceptors (Lipinski definition) is 4. The molecule has 2 atom stereocenters. The molecule has 1 aliphatic carbocycles. The Morgan fingerprint density at radius 1 is 1.56 bits per heavy atom. The highest BCUT2D eigenvalue weighted by Gasteiger charge is 2.39. The van der Waals surface area contributed by atoms with Crippen LogP contribution in [-0.2, 0) is 0 Å². The summed E-state index contributed by atoms with van der Waals surface area (Å²) in [4.78, 5) is 4.24. The fourth-order valence-corrected chi connectivity index (χ4v) is 3.58. The number of aromatic nitrogens is 1. The molecule has 5 heteroatoms. The van der Waals surface area contributed by atoms with E-state index in [0.29, 0.717) is 17.5 Å². The van der Waals surface area contributed by atoms with Crippen LogP contribution < -0.4 is 5.73 Å². The van der Waals surface area contributed by atoms with Gasteiger partial charge in [0.15, 0.2) is 0 Å². The van der Waals surface area contributed by atoms with E-state index in [2.05, 4.69) is 4.98 Å². The minimum atomic E-state index is -0.631. The van der Waals surface area contributed by atoms with E-state index in [4.69, 9.17) is 17.3 Å². The summed E-state index contributed by atoms with van der Waals surface area (Å²) >= 11 is 7.49. The topological polar surface area (TPSA) is 59.1 Å². The van der Waals surface area contributed by atoms with Crippen molar-refractivity contribution in [1.29, 1.82) is 0 Å². The van der Waals surface area contributed by atoms with Gasteiger partial charge < -0.3 is 10.8 Å². The summed E-state index contributed by atoms with van der Waals surface area (Å²) in [5.41, 5.74) is 5.04. The van der Waals surface area contributed by atoms with Crippen LogP contribution in [0.2, 0.25) is 5.02 Å². The summed E-state index contributed by atoms with van der Waals surface area (Å²) in [5.74, 6) is 1.30. The van der Waals surface area contributed by atoms with Gasteiger partial charge in [-0.25, -0.2) is 4.98 Å². The van der Waals surface area contributed by atoms with Crippen molar-refractivity contribution >= 4 is 23.4 Å². The molecule has 0 saturated heterocycles. The van der Waals surface area contributed by atoms with Gasteiger partial charge in [-0.3, -0.25) is 0 Å². The van der Waals surface area contributed by atoms with Gasteiger partial charge in [0.2, 0.25) is 0 Å².